The number of hydrogen-bond acceptors (Lipinski definition) is 5. The maximum absolute atomic E-state index is 12.0. The Hall–Kier alpha value is -2.31. The molecule has 0 saturated carbocycles. The number of carbonyl (C=O) groups excluding carboxylic acids is 1. The minimum absolute atomic E-state index is 0.0618. The highest BCUT2D eigenvalue weighted by atomic mass is 32.2. The predicted molar refractivity (Wildman–Crippen MR) is 98.6 cm³/mol. The summed E-state index contributed by atoms with van der Waals surface area (Å²) in [6, 6.07) is 16.5. The van der Waals surface area contributed by atoms with E-state index < -0.39 is 0 Å². The Morgan fingerprint density at radius 3 is 2.62 bits per heavy atom. The van der Waals surface area contributed by atoms with Crippen molar-refractivity contribution in [1.29, 1.82) is 0 Å². The summed E-state index contributed by atoms with van der Waals surface area (Å²) in [6.45, 7) is 0. The third-order valence-corrected chi connectivity index (χ3v) is 5.14. The lowest BCUT2D eigenvalue weighted by molar-refractivity contribution is -0.115. The van der Waals surface area contributed by atoms with Gasteiger partial charge < -0.3 is 10.4 Å². The molecular formula is C18H16N2O2S2. The number of thioether (sulfide) groups is 1. The van der Waals surface area contributed by atoms with Crippen LogP contribution in [0.25, 0.3) is 0 Å². The largest absolute Gasteiger partial charge is 0.508 e. The number of amides is 1. The molecule has 1 heterocycles. The van der Waals surface area contributed by atoms with Crippen LogP contribution in [0.2, 0.25) is 0 Å². The zero-order chi connectivity index (χ0) is 16.8. The van der Waals surface area contributed by atoms with Gasteiger partial charge in [0.05, 0.1) is 12.1 Å². The number of hydrogen-bond donors (Lipinski definition) is 2. The molecule has 0 radical (unpaired) electrons. The first kappa shape index (κ1) is 16.5. The van der Waals surface area contributed by atoms with E-state index in [4.69, 9.17) is 0 Å². The summed E-state index contributed by atoms with van der Waals surface area (Å²) in [5.74, 6) is 0.940. The lowest BCUT2D eigenvalue weighted by Gasteiger charge is -2.03. The molecule has 0 aliphatic rings. The number of benzene rings is 2. The minimum Gasteiger partial charge on any atom is -0.508 e. The maximum atomic E-state index is 12.0. The quantitative estimate of drug-likeness (QED) is 0.646. The summed E-state index contributed by atoms with van der Waals surface area (Å²) in [5.41, 5.74) is 1.75. The minimum atomic E-state index is -0.0618. The van der Waals surface area contributed by atoms with Crippen molar-refractivity contribution >= 4 is 34.7 Å². The van der Waals surface area contributed by atoms with Crippen LogP contribution in [0.5, 0.6) is 5.75 Å². The van der Waals surface area contributed by atoms with Gasteiger partial charge in [-0.3, -0.25) is 4.79 Å². The van der Waals surface area contributed by atoms with Gasteiger partial charge in [0.1, 0.15) is 10.8 Å². The summed E-state index contributed by atoms with van der Waals surface area (Å²) in [7, 11) is 0. The molecule has 122 valence electrons. The molecule has 4 nitrogen and oxygen atoms in total. The van der Waals surface area contributed by atoms with E-state index in [2.05, 4.69) is 10.3 Å². The van der Waals surface area contributed by atoms with Gasteiger partial charge in [0.2, 0.25) is 5.91 Å². The Morgan fingerprint density at radius 1 is 1.12 bits per heavy atom. The number of aromatic hydroxyl groups is 1. The van der Waals surface area contributed by atoms with Crippen LogP contribution in [0.4, 0.5) is 5.69 Å². The molecule has 0 bridgehead atoms. The van der Waals surface area contributed by atoms with Crippen molar-refractivity contribution in [3.8, 4) is 5.75 Å². The fourth-order valence-corrected chi connectivity index (χ4v) is 3.75. The topological polar surface area (TPSA) is 62.2 Å². The van der Waals surface area contributed by atoms with Crippen molar-refractivity contribution in [1.82, 2.24) is 4.98 Å². The second-order valence-corrected chi connectivity index (χ2v) is 7.10. The number of phenolic OH excluding ortho intramolecular Hbond substituents is 1. The number of nitrogens with zero attached hydrogens (tertiary/aromatic N) is 1. The van der Waals surface area contributed by atoms with E-state index in [1.165, 1.54) is 11.3 Å². The smallest absolute Gasteiger partial charge is 0.231 e. The van der Waals surface area contributed by atoms with Crippen LogP contribution in [0.1, 0.15) is 10.7 Å². The third kappa shape index (κ3) is 4.84. The first-order valence-corrected chi connectivity index (χ1v) is 9.25. The summed E-state index contributed by atoms with van der Waals surface area (Å²) in [6.07, 6.45) is 0.281. The Labute approximate surface area is 148 Å². The van der Waals surface area contributed by atoms with E-state index in [-0.39, 0.29) is 18.1 Å². The fourth-order valence-electron chi connectivity index (χ4n) is 2.06. The van der Waals surface area contributed by atoms with Gasteiger partial charge in [0, 0.05) is 21.7 Å². The van der Waals surface area contributed by atoms with Crippen molar-refractivity contribution in [3.63, 3.8) is 0 Å². The Kier molecular flexibility index (Phi) is 5.51. The Bertz CT molecular complexity index is 801. The van der Waals surface area contributed by atoms with Crippen LogP contribution in [0, 0.1) is 0 Å². The van der Waals surface area contributed by atoms with Crippen LogP contribution in [0.15, 0.2) is 64.9 Å². The number of nitrogens with one attached hydrogen (secondary N) is 1. The average molecular weight is 356 g/mol. The monoisotopic (exact) mass is 356 g/mol. The normalized spacial score (nSPS) is 10.5. The Morgan fingerprint density at radius 2 is 1.88 bits per heavy atom. The highest BCUT2D eigenvalue weighted by Gasteiger charge is 2.09. The summed E-state index contributed by atoms with van der Waals surface area (Å²) >= 11 is 3.15. The Balaban J connectivity index is 1.51. The van der Waals surface area contributed by atoms with Crippen molar-refractivity contribution in [2.45, 2.75) is 17.1 Å². The van der Waals surface area contributed by atoms with Gasteiger partial charge >= 0.3 is 0 Å². The fraction of sp³-hybridized carbons (Fsp3) is 0.111. The summed E-state index contributed by atoms with van der Waals surface area (Å²) in [4.78, 5) is 17.6. The van der Waals surface area contributed by atoms with E-state index in [0.717, 1.165) is 27.0 Å². The van der Waals surface area contributed by atoms with Crippen LogP contribution in [0.3, 0.4) is 0 Å². The molecule has 0 aliphatic heterocycles. The van der Waals surface area contributed by atoms with Crippen LogP contribution >= 0.6 is 23.1 Å². The third-order valence-electron chi connectivity index (χ3n) is 3.19. The molecule has 0 spiro atoms. The molecular weight excluding hydrogens is 340 g/mol. The highest BCUT2D eigenvalue weighted by Crippen LogP contribution is 2.25. The molecule has 6 heteroatoms. The molecule has 2 N–H and O–H groups in total. The number of anilines is 1. The molecule has 3 aromatic rings. The summed E-state index contributed by atoms with van der Waals surface area (Å²) < 4.78 is 0. The number of rotatable bonds is 6. The molecule has 0 atom stereocenters. The van der Waals surface area contributed by atoms with Gasteiger partial charge in [-0.1, -0.05) is 18.2 Å². The lowest BCUT2D eigenvalue weighted by atomic mass is 10.3. The maximum Gasteiger partial charge on any atom is 0.231 e. The molecule has 0 fully saturated rings. The van der Waals surface area contributed by atoms with Crippen molar-refractivity contribution < 1.29 is 9.90 Å². The van der Waals surface area contributed by atoms with Crippen molar-refractivity contribution in [2.24, 2.45) is 0 Å². The molecule has 24 heavy (non-hydrogen) atoms. The van der Waals surface area contributed by atoms with E-state index in [9.17, 15) is 9.90 Å². The second-order valence-electron chi connectivity index (χ2n) is 5.11. The molecule has 0 saturated heterocycles. The molecule has 1 aromatic heterocycles. The van der Waals surface area contributed by atoms with Crippen LogP contribution in [-0.4, -0.2) is 16.0 Å². The zero-order valence-electron chi connectivity index (χ0n) is 12.8. The molecule has 0 unspecified atom stereocenters. The zero-order valence-corrected chi connectivity index (χ0v) is 14.4. The average Bonchev–Trinajstić information content (AvgIpc) is 3.02. The van der Waals surface area contributed by atoms with Crippen molar-refractivity contribution in [3.05, 3.63) is 70.7 Å². The number of carbonyl (C=O) groups is 1. The van der Waals surface area contributed by atoms with Gasteiger partial charge in [-0.2, -0.15) is 0 Å². The molecule has 0 aliphatic carbocycles. The van der Waals surface area contributed by atoms with Crippen LogP contribution < -0.4 is 5.32 Å². The van der Waals surface area contributed by atoms with Gasteiger partial charge in [0.15, 0.2) is 0 Å². The lowest BCUT2D eigenvalue weighted by Crippen LogP contribution is -2.14. The van der Waals surface area contributed by atoms with Gasteiger partial charge in [-0.25, -0.2) is 4.98 Å². The highest BCUT2D eigenvalue weighted by molar-refractivity contribution is 7.98. The number of thiazole rings is 1. The summed E-state index contributed by atoms with van der Waals surface area (Å²) in [5, 5.41) is 14.9. The number of phenols is 1. The van der Waals surface area contributed by atoms with E-state index >= 15 is 0 Å². The number of para-hydroxylation sites is 1. The first-order valence-electron chi connectivity index (χ1n) is 7.39. The van der Waals surface area contributed by atoms with Crippen molar-refractivity contribution in [2.75, 3.05) is 5.32 Å². The van der Waals surface area contributed by atoms with Gasteiger partial charge in [0.25, 0.3) is 0 Å². The van der Waals surface area contributed by atoms with E-state index in [0.29, 0.717) is 0 Å². The molecule has 3 rings (SSSR count). The molecule has 1 amide bonds. The first-order chi connectivity index (χ1) is 11.7. The molecule has 2 aromatic carbocycles. The SMILES string of the molecule is O=C(Cc1nc(CSc2ccc(O)cc2)cs1)Nc1ccccc1. The standard InChI is InChI=1S/C18H16N2O2S2/c21-15-6-8-16(9-7-15)23-11-14-12-24-18(20-14)10-17(22)19-13-4-2-1-3-5-13/h1-9,12,21H,10-11H2,(H,19,22). The van der Waals surface area contributed by atoms with Gasteiger partial charge in [-0.05, 0) is 36.4 Å². The van der Waals surface area contributed by atoms with E-state index in [1.807, 2.05) is 47.8 Å². The predicted octanol–water partition coefficient (Wildman–Crippen LogP) is 4.32. The van der Waals surface area contributed by atoms with E-state index in [1.54, 1.807) is 23.9 Å². The number of aromatic nitrogens is 1. The van der Waals surface area contributed by atoms with Crippen LogP contribution in [-0.2, 0) is 17.0 Å². The second kappa shape index (κ2) is 7.99. The van der Waals surface area contributed by atoms with Gasteiger partial charge in [-0.15, -0.1) is 23.1 Å².